The molecule has 1 amide bonds. The van der Waals surface area contributed by atoms with E-state index in [1.807, 2.05) is 0 Å². The molecule has 6 heteroatoms. The normalized spacial score (nSPS) is 11.8. The maximum atomic E-state index is 13.3. The van der Waals surface area contributed by atoms with E-state index in [1.54, 1.807) is 38.4 Å². The molecule has 0 aliphatic heterocycles. The van der Waals surface area contributed by atoms with Gasteiger partial charge in [-0.25, -0.2) is 9.37 Å². The van der Waals surface area contributed by atoms with E-state index in [2.05, 4.69) is 15.6 Å². The lowest BCUT2D eigenvalue weighted by Crippen LogP contribution is -2.27. The first-order valence-corrected chi connectivity index (χ1v) is 6.45. The van der Waals surface area contributed by atoms with Crippen molar-refractivity contribution in [3.05, 3.63) is 53.5 Å². The van der Waals surface area contributed by atoms with Gasteiger partial charge in [0.2, 0.25) is 0 Å². The highest BCUT2D eigenvalue weighted by Crippen LogP contribution is 2.21. The van der Waals surface area contributed by atoms with Gasteiger partial charge in [0.25, 0.3) is 5.91 Å². The van der Waals surface area contributed by atoms with Gasteiger partial charge in [-0.3, -0.25) is 4.79 Å². The number of hydrogen-bond donors (Lipinski definition) is 3. The number of aromatic hydroxyl groups is 1. The van der Waals surface area contributed by atoms with Crippen LogP contribution in [0.2, 0.25) is 0 Å². The zero-order chi connectivity index (χ0) is 15.4. The minimum absolute atomic E-state index is 0.312. The number of rotatable bonds is 4. The Morgan fingerprint density at radius 1 is 1.38 bits per heavy atom. The van der Waals surface area contributed by atoms with Gasteiger partial charge < -0.3 is 15.7 Å². The lowest BCUT2D eigenvalue weighted by Gasteiger charge is -2.16. The van der Waals surface area contributed by atoms with Crippen molar-refractivity contribution in [2.75, 3.05) is 12.4 Å². The van der Waals surface area contributed by atoms with Gasteiger partial charge >= 0.3 is 0 Å². The number of pyridine rings is 1. The van der Waals surface area contributed by atoms with Crippen LogP contribution in [-0.4, -0.2) is 23.0 Å². The standard InChI is InChI=1S/C15H16FN3O2/c1-9(10-5-6-13(20)12(16)8-10)19-15(21)11-4-3-7-18-14(11)17-2/h3-9,20H,1-2H3,(H,17,18)(H,19,21)/t9-/m1/s1. The molecule has 1 aromatic carbocycles. The molecule has 3 N–H and O–H groups in total. The summed E-state index contributed by atoms with van der Waals surface area (Å²) in [4.78, 5) is 16.3. The topological polar surface area (TPSA) is 74.2 Å². The predicted molar refractivity (Wildman–Crippen MR) is 77.7 cm³/mol. The first-order chi connectivity index (χ1) is 10.0. The van der Waals surface area contributed by atoms with Crippen molar-refractivity contribution in [1.29, 1.82) is 0 Å². The molecule has 0 saturated heterocycles. The van der Waals surface area contributed by atoms with Crippen molar-refractivity contribution in [2.45, 2.75) is 13.0 Å². The first kappa shape index (κ1) is 14.8. The molecular formula is C15H16FN3O2. The Balaban J connectivity index is 2.16. The number of nitrogens with zero attached hydrogens (tertiary/aromatic N) is 1. The van der Waals surface area contributed by atoms with Gasteiger partial charge in [0.05, 0.1) is 11.6 Å². The SMILES string of the molecule is CNc1ncccc1C(=O)N[C@H](C)c1ccc(O)c(F)c1. The molecule has 2 aromatic rings. The molecule has 0 bridgehead atoms. The van der Waals surface area contributed by atoms with Crippen molar-refractivity contribution < 1.29 is 14.3 Å². The largest absolute Gasteiger partial charge is 0.505 e. The zero-order valence-corrected chi connectivity index (χ0v) is 11.7. The van der Waals surface area contributed by atoms with E-state index in [1.165, 1.54) is 12.1 Å². The third-order valence-corrected chi connectivity index (χ3v) is 3.11. The molecule has 1 atom stereocenters. The Hall–Kier alpha value is -2.63. The van der Waals surface area contributed by atoms with E-state index in [9.17, 15) is 14.3 Å². The molecule has 1 aromatic heterocycles. The predicted octanol–water partition coefficient (Wildman–Crippen LogP) is 2.46. The molecule has 0 aliphatic carbocycles. The Kier molecular flexibility index (Phi) is 4.37. The maximum Gasteiger partial charge on any atom is 0.255 e. The van der Waals surface area contributed by atoms with Crippen LogP contribution in [0.25, 0.3) is 0 Å². The van der Waals surface area contributed by atoms with Crippen molar-refractivity contribution in [2.24, 2.45) is 0 Å². The minimum Gasteiger partial charge on any atom is -0.505 e. The number of phenols is 1. The fourth-order valence-electron chi connectivity index (χ4n) is 1.94. The maximum absolute atomic E-state index is 13.3. The highest BCUT2D eigenvalue weighted by atomic mass is 19.1. The van der Waals surface area contributed by atoms with Crippen LogP contribution >= 0.6 is 0 Å². The fourth-order valence-corrected chi connectivity index (χ4v) is 1.94. The van der Waals surface area contributed by atoms with Gasteiger partial charge in [-0.15, -0.1) is 0 Å². The van der Waals surface area contributed by atoms with E-state index in [0.29, 0.717) is 16.9 Å². The van der Waals surface area contributed by atoms with Gasteiger partial charge in [-0.1, -0.05) is 6.07 Å². The number of anilines is 1. The summed E-state index contributed by atoms with van der Waals surface area (Å²) in [6.07, 6.45) is 1.58. The van der Waals surface area contributed by atoms with Crippen LogP contribution in [0.3, 0.4) is 0 Å². The summed E-state index contributed by atoms with van der Waals surface area (Å²) in [5.41, 5.74) is 0.972. The number of benzene rings is 1. The molecule has 0 fully saturated rings. The van der Waals surface area contributed by atoms with Gasteiger partial charge in [0, 0.05) is 13.2 Å². The molecule has 0 unspecified atom stereocenters. The summed E-state index contributed by atoms with van der Waals surface area (Å²) in [6, 6.07) is 6.93. The summed E-state index contributed by atoms with van der Waals surface area (Å²) in [7, 11) is 1.68. The zero-order valence-electron chi connectivity index (χ0n) is 11.7. The number of carbonyl (C=O) groups is 1. The number of amides is 1. The van der Waals surface area contributed by atoms with Crippen LogP contribution in [0, 0.1) is 5.82 Å². The highest BCUT2D eigenvalue weighted by molar-refractivity contribution is 5.98. The first-order valence-electron chi connectivity index (χ1n) is 6.45. The third-order valence-electron chi connectivity index (χ3n) is 3.11. The second kappa shape index (κ2) is 6.21. The molecule has 21 heavy (non-hydrogen) atoms. The Bertz CT molecular complexity index is 661. The average Bonchev–Trinajstić information content (AvgIpc) is 2.49. The van der Waals surface area contributed by atoms with Crippen LogP contribution < -0.4 is 10.6 Å². The summed E-state index contributed by atoms with van der Waals surface area (Å²) in [6.45, 7) is 1.74. The van der Waals surface area contributed by atoms with E-state index >= 15 is 0 Å². The Morgan fingerprint density at radius 3 is 2.81 bits per heavy atom. The third kappa shape index (κ3) is 3.28. The number of phenolic OH excluding ortho intramolecular Hbond substituents is 1. The molecule has 110 valence electrons. The van der Waals surface area contributed by atoms with Gasteiger partial charge in [-0.05, 0) is 36.8 Å². The Morgan fingerprint density at radius 2 is 2.14 bits per heavy atom. The lowest BCUT2D eigenvalue weighted by molar-refractivity contribution is 0.0940. The van der Waals surface area contributed by atoms with E-state index in [-0.39, 0.29) is 5.91 Å². The van der Waals surface area contributed by atoms with Crippen molar-refractivity contribution in [3.8, 4) is 5.75 Å². The summed E-state index contributed by atoms with van der Waals surface area (Å²) in [5, 5.41) is 14.8. The van der Waals surface area contributed by atoms with Crippen LogP contribution in [0.4, 0.5) is 10.2 Å². The molecular weight excluding hydrogens is 273 g/mol. The van der Waals surface area contributed by atoms with Crippen LogP contribution in [0.5, 0.6) is 5.75 Å². The number of carbonyl (C=O) groups excluding carboxylic acids is 1. The molecule has 0 aliphatic rings. The number of aromatic nitrogens is 1. The summed E-state index contributed by atoms with van der Waals surface area (Å²) >= 11 is 0. The average molecular weight is 289 g/mol. The molecule has 0 radical (unpaired) electrons. The van der Waals surface area contributed by atoms with Gasteiger partial charge in [0.1, 0.15) is 5.82 Å². The number of halogens is 1. The van der Waals surface area contributed by atoms with Crippen molar-refractivity contribution in [1.82, 2.24) is 10.3 Å². The monoisotopic (exact) mass is 289 g/mol. The molecule has 1 heterocycles. The van der Waals surface area contributed by atoms with Crippen LogP contribution in [-0.2, 0) is 0 Å². The van der Waals surface area contributed by atoms with Crippen LogP contribution in [0.15, 0.2) is 36.5 Å². The van der Waals surface area contributed by atoms with Gasteiger partial charge in [0.15, 0.2) is 11.6 Å². The smallest absolute Gasteiger partial charge is 0.255 e. The van der Waals surface area contributed by atoms with Gasteiger partial charge in [-0.2, -0.15) is 0 Å². The van der Waals surface area contributed by atoms with Crippen molar-refractivity contribution >= 4 is 11.7 Å². The van der Waals surface area contributed by atoms with E-state index < -0.39 is 17.6 Å². The summed E-state index contributed by atoms with van der Waals surface area (Å²) in [5.74, 6) is -0.972. The second-order valence-corrected chi connectivity index (χ2v) is 4.56. The molecule has 2 rings (SSSR count). The molecule has 5 nitrogen and oxygen atoms in total. The minimum atomic E-state index is -0.717. The molecule has 0 saturated carbocycles. The highest BCUT2D eigenvalue weighted by Gasteiger charge is 2.15. The quantitative estimate of drug-likeness (QED) is 0.808. The van der Waals surface area contributed by atoms with E-state index in [4.69, 9.17) is 0 Å². The number of hydrogen-bond acceptors (Lipinski definition) is 4. The second-order valence-electron chi connectivity index (χ2n) is 4.56. The van der Waals surface area contributed by atoms with Crippen molar-refractivity contribution in [3.63, 3.8) is 0 Å². The van der Waals surface area contributed by atoms with E-state index in [0.717, 1.165) is 0 Å². The lowest BCUT2D eigenvalue weighted by atomic mass is 10.1. The number of nitrogens with one attached hydrogen (secondary N) is 2. The summed E-state index contributed by atoms with van der Waals surface area (Å²) < 4.78 is 13.3. The fraction of sp³-hybridized carbons (Fsp3) is 0.200. The van der Waals surface area contributed by atoms with Crippen LogP contribution in [0.1, 0.15) is 28.9 Å². The molecule has 0 spiro atoms. The Labute approximate surface area is 121 Å².